The van der Waals surface area contributed by atoms with Crippen molar-refractivity contribution in [2.75, 3.05) is 10.6 Å². The number of aromatic nitrogens is 1. The number of para-hydroxylation sites is 1. The van der Waals surface area contributed by atoms with E-state index in [2.05, 4.69) is 15.6 Å². The molecule has 9 heteroatoms. The number of aromatic amines is 1. The summed E-state index contributed by atoms with van der Waals surface area (Å²) in [4.78, 5) is 14.6. The van der Waals surface area contributed by atoms with Crippen LogP contribution in [0.1, 0.15) is 0 Å². The van der Waals surface area contributed by atoms with Crippen molar-refractivity contribution in [1.82, 2.24) is 4.98 Å². The van der Waals surface area contributed by atoms with Gasteiger partial charge in [-0.1, -0.05) is 29.8 Å². The first-order valence-corrected chi connectivity index (χ1v) is 8.57. The number of anilines is 2. The van der Waals surface area contributed by atoms with Crippen LogP contribution in [-0.4, -0.2) is 24.0 Å². The van der Waals surface area contributed by atoms with Gasteiger partial charge in [-0.2, -0.15) is 8.42 Å². The van der Waals surface area contributed by atoms with Gasteiger partial charge in [0, 0.05) is 15.9 Å². The molecule has 3 rings (SSSR count). The molecule has 0 saturated heterocycles. The summed E-state index contributed by atoms with van der Waals surface area (Å²) >= 11 is 5.81. The number of carbonyl (C=O) groups excluding carboxylic acids is 1. The molecule has 0 aliphatic carbocycles. The van der Waals surface area contributed by atoms with Crippen molar-refractivity contribution in [1.29, 1.82) is 0 Å². The topological polar surface area (TPSA) is 111 Å². The van der Waals surface area contributed by atoms with Crippen LogP contribution in [0.5, 0.6) is 0 Å². The lowest BCUT2D eigenvalue weighted by Gasteiger charge is -2.10. The first-order valence-electron chi connectivity index (χ1n) is 6.76. The molecule has 7 nitrogen and oxygen atoms in total. The maximum atomic E-state index is 12.1. The minimum absolute atomic E-state index is 0.126. The summed E-state index contributed by atoms with van der Waals surface area (Å²) < 4.78 is 31.9. The van der Waals surface area contributed by atoms with Crippen LogP contribution < -0.4 is 10.6 Å². The normalized spacial score (nSPS) is 11.4. The molecular formula is C15H12ClN3O4S. The number of fused-ring (bicyclic) bond motifs is 1. The van der Waals surface area contributed by atoms with E-state index in [1.54, 1.807) is 6.07 Å². The number of urea groups is 1. The summed E-state index contributed by atoms with van der Waals surface area (Å²) in [6, 6.07) is 12.1. The number of rotatable bonds is 3. The molecule has 1 heterocycles. The molecule has 0 unspecified atom stereocenters. The lowest BCUT2D eigenvalue weighted by Crippen LogP contribution is -2.21. The maximum absolute atomic E-state index is 12.1. The van der Waals surface area contributed by atoms with Gasteiger partial charge in [0.15, 0.2) is 0 Å². The Bertz CT molecular complexity index is 997. The zero-order chi connectivity index (χ0) is 17.3. The van der Waals surface area contributed by atoms with Crippen LogP contribution in [0.4, 0.5) is 16.3 Å². The molecule has 0 spiro atoms. The van der Waals surface area contributed by atoms with E-state index in [0.717, 1.165) is 17.0 Å². The predicted molar refractivity (Wildman–Crippen MR) is 92.2 cm³/mol. The third kappa shape index (κ3) is 3.51. The third-order valence-electron chi connectivity index (χ3n) is 3.25. The molecule has 0 radical (unpaired) electrons. The summed E-state index contributed by atoms with van der Waals surface area (Å²) in [5.74, 6) is 0.434. The first-order chi connectivity index (χ1) is 11.3. The van der Waals surface area contributed by atoms with Crippen molar-refractivity contribution in [2.24, 2.45) is 0 Å². The van der Waals surface area contributed by atoms with E-state index in [4.69, 9.17) is 11.6 Å². The molecule has 124 valence electrons. The van der Waals surface area contributed by atoms with E-state index >= 15 is 0 Å². The van der Waals surface area contributed by atoms with Crippen LogP contribution in [0.2, 0.25) is 5.02 Å². The Kier molecular flexibility index (Phi) is 4.18. The minimum Gasteiger partial charge on any atom is -0.341 e. The van der Waals surface area contributed by atoms with Gasteiger partial charge < -0.3 is 10.3 Å². The molecule has 0 bridgehead atoms. The van der Waals surface area contributed by atoms with Crippen LogP contribution in [-0.2, 0) is 10.1 Å². The number of nitrogens with one attached hydrogen (secondary N) is 3. The van der Waals surface area contributed by atoms with Gasteiger partial charge in [0.05, 0.1) is 5.69 Å². The zero-order valence-corrected chi connectivity index (χ0v) is 13.6. The number of hydrogen-bond donors (Lipinski definition) is 4. The first kappa shape index (κ1) is 16.3. The summed E-state index contributed by atoms with van der Waals surface area (Å²) in [6.45, 7) is 0. The summed E-state index contributed by atoms with van der Waals surface area (Å²) in [5.41, 5.74) is 0.716. The molecule has 4 N–H and O–H groups in total. The van der Waals surface area contributed by atoms with Crippen molar-refractivity contribution in [3.63, 3.8) is 0 Å². The van der Waals surface area contributed by atoms with E-state index in [1.807, 2.05) is 24.3 Å². The van der Waals surface area contributed by atoms with Gasteiger partial charge in [0.2, 0.25) is 0 Å². The second-order valence-electron chi connectivity index (χ2n) is 4.96. The Hall–Kier alpha value is -2.55. The fourth-order valence-electron chi connectivity index (χ4n) is 2.24. The number of halogens is 1. The number of hydrogen-bond acceptors (Lipinski definition) is 3. The van der Waals surface area contributed by atoms with Gasteiger partial charge in [-0.05, 0) is 30.3 Å². The van der Waals surface area contributed by atoms with Gasteiger partial charge in [-0.3, -0.25) is 9.87 Å². The highest BCUT2D eigenvalue weighted by Crippen LogP contribution is 2.25. The highest BCUT2D eigenvalue weighted by atomic mass is 35.5. The highest BCUT2D eigenvalue weighted by Gasteiger charge is 2.17. The number of amides is 2. The fourth-order valence-corrected chi connectivity index (χ4v) is 3.04. The number of H-pyrrole nitrogens is 1. The van der Waals surface area contributed by atoms with Crippen molar-refractivity contribution in [3.05, 3.63) is 53.6 Å². The largest absolute Gasteiger partial charge is 0.341 e. The van der Waals surface area contributed by atoms with E-state index in [9.17, 15) is 17.8 Å². The van der Waals surface area contributed by atoms with Crippen molar-refractivity contribution < 1.29 is 17.8 Å². The molecule has 1 aromatic heterocycles. The Balaban J connectivity index is 1.83. The van der Waals surface area contributed by atoms with E-state index in [1.165, 1.54) is 12.1 Å². The SMILES string of the molecule is O=C(Nc1cc2ccccc2[nH]1)Nc1cc(Cl)ccc1S(=O)(=O)O. The molecular weight excluding hydrogens is 354 g/mol. The molecule has 2 amide bonds. The van der Waals surface area contributed by atoms with Crippen LogP contribution in [0.3, 0.4) is 0 Å². The minimum atomic E-state index is -4.50. The van der Waals surface area contributed by atoms with E-state index in [-0.39, 0.29) is 10.7 Å². The molecule has 24 heavy (non-hydrogen) atoms. The average molecular weight is 366 g/mol. The van der Waals surface area contributed by atoms with Gasteiger partial charge in [0.25, 0.3) is 10.1 Å². The van der Waals surface area contributed by atoms with Gasteiger partial charge >= 0.3 is 6.03 Å². The van der Waals surface area contributed by atoms with E-state index in [0.29, 0.717) is 5.82 Å². The Morgan fingerprint density at radius 3 is 2.54 bits per heavy atom. The van der Waals surface area contributed by atoms with Crippen molar-refractivity contribution in [2.45, 2.75) is 4.90 Å². The van der Waals surface area contributed by atoms with Gasteiger partial charge in [-0.15, -0.1) is 0 Å². The highest BCUT2D eigenvalue weighted by molar-refractivity contribution is 7.86. The van der Waals surface area contributed by atoms with Crippen LogP contribution >= 0.6 is 11.6 Å². The monoisotopic (exact) mass is 365 g/mol. The molecule has 0 aliphatic heterocycles. The summed E-state index contributed by atoms with van der Waals surface area (Å²) in [6.07, 6.45) is 0. The third-order valence-corrected chi connectivity index (χ3v) is 4.39. The van der Waals surface area contributed by atoms with Crippen molar-refractivity contribution >= 4 is 50.2 Å². The average Bonchev–Trinajstić information content (AvgIpc) is 2.87. The molecule has 3 aromatic rings. The fraction of sp³-hybridized carbons (Fsp3) is 0. The molecule has 2 aromatic carbocycles. The molecule has 0 atom stereocenters. The van der Waals surface area contributed by atoms with Crippen molar-refractivity contribution in [3.8, 4) is 0 Å². The second kappa shape index (κ2) is 6.16. The number of benzene rings is 2. The molecule has 0 aliphatic rings. The molecule has 0 saturated carbocycles. The maximum Gasteiger partial charge on any atom is 0.324 e. The second-order valence-corrected chi connectivity index (χ2v) is 6.79. The summed E-state index contributed by atoms with van der Waals surface area (Å²) in [7, 11) is -4.50. The quantitative estimate of drug-likeness (QED) is 0.530. The summed E-state index contributed by atoms with van der Waals surface area (Å²) in [5, 5.41) is 6.03. The van der Waals surface area contributed by atoms with E-state index < -0.39 is 21.0 Å². The lowest BCUT2D eigenvalue weighted by molar-refractivity contribution is 0.262. The smallest absolute Gasteiger partial charge is 0.324 e. The Labute approximate surface area is 142 Å². The van der Waals surface area contributed by atoms with Gasteiger partial charge in [0.1, 0.15) is 10.7 Å². The van der Waals surface area contributed by atoms with Crippen LogP contribution in [0.25, 0.3) is 10.9 Å². The zero-order valence-electron chi connectivity index (χ0n) is 12.1. The standard InChI is InChI=1S/C15H12ClN3O4S/c16-10-5-6-13(24(21,22)23)12(8-10)18-15(20)19-14-7-9-3-1-2-4-11(9)17-14/h1-8,17H,(H2,18,19,20)(H,21,22,23). The lowest BCUT2D eigenvalue weighted by atomic mass is 10.2. The van der Waals surface area contributed by atoms with Crippen LogP contribution in [0.15, 0.2) is 53.4 Å². The Morgan fingerprint density at radius 2 is 1.83 bits per heavy atom. The number of carbonyl (C=O) groups is 1. The Morgan fingerprint density at radius 1 is 1.08 bits per heavy atom. The predicted octanol–water partition coefficient (Wildman–Crippen LogP) is 3.71. The van der Waals surface area contributed by atoms with Crippen LogP contribution in [0, 0.1) is 0 Å². The van der Waals surface area contributed by atoms with Gasteiger partial charge in [-0.25, -0.2) is 4.79 Å². The molecule has 0 fully saturated rings.